The molecule has 1 N–H and O–H groups in total. The van der Waals surface area contributed by atoms with Crippen LogP contribution in [0.1, 0.15) is 37.4 Å². The van der Waals surface area contributed by atoms with Gasteiger partial charge in [0.15, 0.2) is 0 Å². The molecule has 1 fully saturated rings. The number of hydrogen-bond acceptors (Lipinski definition) is 1. The van der Waals surface area contributed by atoms with Gasteiger partial charge in [-0.1, -0.05) is 0 Å². The van der Waals surface area contributed by atoms with E-state index in [9.17, 15) is 27.1 Å². The highest BCUT2D eigenvalue weighted by molar-refractivity contribution is 9.10. The minimum absolute atomic E-state index is 0.0157. The molecule has 0 radical (unpaired) electrons. The van der Waals surface area contributed by atoms with Gasteiger partial charge in [-0.25, -0.2) is 8.78 Å². The van der Waals surface area contributed by atoms with Gasteiger partial charge < -0.3 is 5.11 Å². The molecule has 0 aromatic heterocycles. The Kier molecular flexibility index (Phi) is 4.92. The van der Waals surface area contributed by atoms with Gasteiger partial charge in [0, 0.05) is 0 Å². The molecule has 2 rings (SSSR count). The largest absolute Gasteiger partial charge is 0.391 e. The van der Waals surface area contributed by atoms with E-state index in [-0.39, 0.29) is 30.2 Å². The van der Waals surface area contributed by atoms with E-state index in [4.69, 9.17) is 0 Å². The van der Waals surface area contributed by atoms with Crippen LogP contribution in [-0.4, -0.2) is 11.3 Å². The van der Waals surface area contributed by atoms with Gasteiger partial charge in [0.05, 0.1) is 22.1 Å². The molecule has 7 heteroatoms. The third kappa shape index (κ3) is 3.56. The van der Waals surface area contributed by atoms with Crippen LogP contribution in [0.15, 0.2) is 16.6 Å². The normalized spacial score (nSPS) is 24.9. The van der Waals surface area contributed by atoms with Crippen molar-refractivity contribution in [1.29, 1.82) is 0 Å². The van der Waals surface area contributed by atoms with Gasteiger partial charge in [0.1, 0.15) is 11.6 Å². The summed E-state index contributed by atoms with van der Waals surface area (Å²) in [4.78, 5) is 0. The van der Waals surface area contributed by atoms with E-state index in [0.717, 1.165) is 6.07 Å². The fourth-order valence-corrected chi connectivity index (χ4v) is 3.16. The van der Waals surface area contributed by atoms with Crippen LogP contribution in [0.3, 0.4) is 0 Å². The molecule has 1 aliphatic rings. The van der Waals surface area contributed by atoms with E-state index in [1.54, 1.807) is 0 Å². The predicted octanol–water partition coefficient (Wildman–Crippen LogP) is 5.13. The van der Waals surface area contributed by atoms with Crippen LogP contribution < -0.4 is 0 Å². The highest BCUT2D eigenvalue weighted by Gasteiger charge is 2.43. The quantitative estimate of drug-likeness (QED) is 0.563. The van der Waals surface area contributed by atoms with Crippen molar-refractivity contribution >= 4 is 15.9 Å². The zero-order valence-corrected chi connectivity index (χ0v) is 12.5. The summed E-state index contributed by atoms with van der Waals surface area (Å²) in [6, 6.07) is 2.20. The zero-order valence-electron chi connectivity index (χ0n) is 10.9. The molecule has 1 unspecified atom stereocenters. The zero-order chi connectivity index (χ0) is 15.8. The van der Waals surface area contributed by atoms with E-state index in [1.165, 1.54) is 6.07 Å². The summed E-state index contributed by atoms with van der Waals surface area (Å²) in [6.45, 7) is 0. The molecule has 1 nitrogen and oxygen atoms in total. The standard InChI is InChI=1S/C14H14BrF5O/c15-9-5-6-10(16)11(12(9)17)13(21)7-1-3-8(4-2-7)14(18,19)20/h5-8,13,21H,1-4H2. The van der Waals surface area contributed by atoms with E-state index in [0.29, 0.717) is 0 Å². The number of rotatable bonds is 2. The Balaban J connectivity index is 2.13. The lowest BCUT2D eigenvalue weighted by molar-refractivity contribution is -0.185. The summed E-state index contributed by atoms with van der Waals surface area (Å²) in [5.74, 6) is -3.75. The average molecular weight is 373 g/mol. The van der Waals surface area contributed by atoms with E-state index < -0.39 is 41.3 Å². The number of aliphatic hydroxyl groups excluding tert-OH is 1. The van der Waals surface area contributed by atoms with Crippen LogP contribution in [0.2, 0.25) is 0 Å². The molecule has 0 spiro atoms. The summed E-state index contributed by atoms with van der Waals surface area (Å²) >= 11 is 2.91. The summed E-state index contributed by atoms with van der Waals surface area (Å²) in [7, 11) is 0. The van der Waals surface area contributed by atoms with Crippen molar-refractivity contribution < 1.29 is 27.1 Å². The van der Waals surface area contributed by atoms with Crippen LogP contribution in [0.5, 0.6) is 0 Å². The van der Waals surface area contributed by atoms with Crippen molar-refractivity contribution in [2.24, 2.45) is 11.8 Å². The maximum absolute atomic E-state index is 13.9. The molecule has 0 heterocycles. The van der Waals surface area contributed by atoms with E-state index in [2.05, 4.69) is 15.9 Å². The van der Waals surface area contributed by atoms with Crippen LogP contribution in [-0.2, 0) is 0 Å². The van der Waals surface area contributed by atoms with Crippen molar-refractivity contribution in [3.63, 3.8) is 0 Å². The maximum atomic E-state index is 13.9. The average Bonchev–Trinajstić information content (AvgIpc) is 2.42. The van der Waals surface area contributed by atoms with Crippen LogP contribution in [0, 0.1) is 23.5 Å². The third-order valence-corrected chi connectivity index (χ3v) is 4.67. The Hall–Kier alpha value is -0.690. The topological polar surface area (TPSA) is 20.2 Å². The van der Waals surface area contributed by atoms with Gasteiger partial charge in [0.25, 0.3) is 0 Å². The number of alkyl halides is 3. The first-order valence-electron chi connectivity index (χ1n) is 6.60. The first-order valence-corrected chi connectivity index (χ1v) is 7.39. The smallest absolute Gasteiger partial charge is 0.388 e. The summed E-state index contributed by atoms with van der Waals surface area (Å²) in [5, 5.41) is 10.1. The van der Waals surface area contributed by atoms with Crippen molar-refractivity contribution in [2.45, 2.75) is 38.0 Å². The molecular weight excluding hydrogens is 359 g/mol. The van der Waals surface area contributed by atoms with Crippen LogP contribution >= 0.6 is 15.9 Å². The van der Waals surface area contributed by atoms with E-state index in [1.807, 2.05) is 0 Å². The lowest BCUT2D eigenvalue weighted by Gasteiger charge is -2.32. The molecule has 1 aromatic carbocycles. The number of hydrogen-bond donors (Lipinski definition) is 1. The van der Waals surface area contributed by atoms with Crippen molar-refractivity contribution in [2.75, 3.05) is 0 Å². The fraction of sp³-hybridized carbons (Fsp3) is 0.571. The summed E-state index contributed by atoms with van der Waals surface area (Å²) in [6.07, 6.45) is -5.74. The molecule has 0 aliphatic heterocycles. The minimum atomic E-state index is -4.25. The van der Waals surface area contributed by atoms with Gasteiger partial charge in [-0.2, -0.15) is 13.2 Å². The lowest BCUT2D eigenvalue weighted by atomic mass is 9.77. The second kappa shape index (κ2) is 6.20. The van der Waals surface area contributed by atoms with Crippen molar-refractivity contribution in [3.8, 4) is 0 Å². The molecule has 1 atom stereocenters. The Morgan fingerprint density at radius 2 is 1.67 bits per heavy atom. The maximum Gasteiger partial charge on any atom is 0.391 e. The highest BCUT2D eigenvalue weighted by Crippen LogP contribution is 2.44. The number of benzene rings is 1. The lowest BCUT2D eigenvalue weighted by Crippen LogP contribution is -2.30. The third-order valence-electron chi connectivity index (χ3n) is 4.06. The second-order valence-electron chi connectivity index (χ2n) is 5.36. The first kappa shape index (κ1) is 16.7. The van der Waals surface area contributed by atoms with Gasteiger partial charge in [-0.05, 0) is 59.7 Å². The Morgan fingerprint density at radius 1 is 1.10 bits per heavy atom. The molecule has 1 saturated carbocycles. The SMILES string of the molecule is OC(c1c(F)ccc(Br)c1F)C1CCC(C(F)(F)F)CC1. The van der Waals surface area contributed by atoms with Crippen molar-refractivity contribution in [1.82, 2.24) is 0 Å². The monoisotopic (exact) mass is 372 g/mol. The number of halogens is 6. The Bertz CT molecular complexity index is 509. The van der Waals surface area contributed by atoms with Crippen molar-refractivity contribution in [3.05, 3.63) is 33.8 Å². The highest BCUT2D eigenvalue weighted by atomic mass is 79.9. The fourth-order valence-electron chi connectivity index (χ4n) is 2.81. The van der Waals surface area contributed by atoms with Crippen LogP contribution in [0.4, 0.5) is 22.0 Å². The molecule has 0 amide bonds. The van der Waals surface area contributed by atoms with E-state index >= 15 is 0 Å². The molecule has 118 valence electrons. The number of aliphatic hydroxyl groups is 1. The second-order valence-corrected chi connectivity index (χ2v) is 6.21. The summed E-state index contributed by atoms with van der Waals surface area (Å²) < 4.78 is 65.4. The van der Waals surface area contributed by atoms with Gasteiger partial charge in [-0.3, -0.25) is 0 Å². The first-order chi connectivity index (χ1) is 9.71. The molecule has 21 heavy (non-hydrogen) atoms. The van der Waals surface area contributed by atoms with Gasteiger partial charge in [0.2, 0.25) is 0 Å². The molecular formula is C14H14BrF5O. The molecule has 1 aliphatic carbocycles. The molecule has 1 aromatic rings. The predicted molar refractivity (Wildman–Crippen MR) is 70.5 cm³/mol. The molecule has 0 bridgehead atoms. The Morgan fingerprint density at radius 3 is 2.19 bits per heavy atom. The van der Waals surface area contributed by atoms with Crippen LogP contribution in [0.25, 0.3) is 0 Å². The van der Waals surface area contributed by atoms with Gasteiger partial charge >= 0.3 is 6.18 Å². The van der Waals surface area contributed by atoms with Gasteiger partial charge in [-0.15, -0.1) is 0 Å². The summed E-state index contributed by atoms with van der Waals surface area (Å²) in [5.41, 5.74) is -0.472. The minimum Gasteiger partial charge on any atom is -0.388 e. The molecule has 0 saturated heterocycles. The Labute approximate surface area is 127 Å².